The molecule has 0 fully saturated rings. The van der Waals surface area contributed by atoms with Crippen molar-refractivity contribution in [1.82, 2.24) is 31.9 Å². The number of aliphatic carboxylic acids is 1. The lowest BCUT2D eigenvalue weighted by Crippen LogP contribution is -2.59. The number of carbonyl (C=O) groups is 8. The zero-order valence-electron chi connectivity index (χ0n) is 30.5. The van der Waals surface area contributed by atoms with Crippen LogP contribution in [0.3, 0.4) is 0 Å². The van der Waals surface area contributed by atoms with Gasteiger partial charge in [-0.25, -0.2) is 4.79 Å². The van der Waals surface area contributed by atoms with Gasteiger partial charge in [-0.05, 0) is 51.9 Å². The summed E-state index contributed by atoms with van der Waals surface area (Å²) in [4.78, 5) is 108. The second-order valence-electron chi connectivity index (χ2n) is 12.5. The normalized spacial score (nSPS) is 14.1. The van der Waals surface area contributed by atoms with Crippen LogP contribution in [0.1, 0.15) is 66.2 Å². The number of nitrogens with zero attached hydrogens (tertiary/aromatic N) is 2. The molecule has 6 atom stereocenters. The van der Waals surface area contributed by atoms with Crippen LogP contribution in [0.25, 0.3) is 0 Å². The minimum Gasteiger partial charge on any atom is -0.480 e. The van der Waals surface area contributed by atoms with Gasteiger partial charge in [0, 0.05) is 13.1 Å². The maximum atomic E-state index is 13.6. The standard InChI is InChI=1S/C30H56N14O9/c1-14(2)11-19(43-24(48)16(4)40-26(50)20(12-21(32)45)44-23(47)15(3)39-22(46)13-31)27(51)41-17(7-5-9-37-29(33)34)25(49)42-18(28(52)53)8-6-10-38-30(35)36/h14-20H,5-13,31H2,1-4H3,(H2,32,45)(H,39,46)(H,40,50)(H,41,51)(H,42,49)(H,43,48)(H,44,47)(H,52,53)(H4,33,34,37)(H4,35,36,38)/t15-,16-,17-,18-,19-,20-/m0/s1. The van der Waals surface area contributed by atoms with Gasteiger partial charge in [-0.2, -0.15) is 0 Å². The monoisotopic (exact) mass is 756 g/mol. The highest BCUT2D eigenvalue weighted by Gasteiger charge is 2.32. The van der Waals surface area contributed by atoms with Gasteiger partial charge in [0.15, 0.2) is 11.9 Å². The molecule has 0 rings (SSSR count). The number of hydrogen-bond donors (Lipinski definition) is 13. The molecule has 7 amide bonds. The third-order valence-electron chi connectivity index (χ3n) is 7.22. The Bertz CT molecular complexity index is 1350. The second kappa shape index (κ2) is 24.4. The van der Waals surface area contributed by atoms with Crippen LogP contribution in [0, 0.1) is 5.92 Å². The third-order valence-corrected chi connectivity index (χ3v) is 7.22. The molecule has 19 N–H and O–H groups in total. The molecule has 0 aliphatic carbocycles. The number of nitrogens with two attached hydrogens (primary N) is 6. The molecular weight excluding hydrogens is 700 g/mol. The van der Waals surface area contributed by atoms with Crippen LogP contribution >= 0.6 is 0 Å². The van der Waals surface area contributed by atoms with Gasteiger partial charge in [0.05, 0.1) is 13.0 Å². The summed E-state index contributed by atoms with van der Waals surface area (Å²) in [5.41, 5.74) is 31.8. The molecule has 0 heterocycles. The summed E-state index contributed by atoms with van der Waals surface area (Å²) in [7, 11) is 0. The molecular formula is C30H56N14O9. The molecule has 0 aliphatic rings. The summed E-state index contributed by atoms with van der Waals surface area (Å²) in [6.45, 7) is 5.94. The fourth-order valence-corrected chi connectivity index (χ4v) is 4.53. The van der Waals surface area contributed by atoms with E-state index in [1.807, 2.05) is 0 Å². The fraction of sp³-hybridized carbons (Fsp3) is 0.667. The summed E-state index contributed by atoms with van der Waals surface area (Å²) in [6.07, 6.45) is -0.204. The highest BCUT2D eigenvalue weighted by Crippen LogP contribution is 2.09. The third kappa shape index (κ3) is 20.6. The first-order valence-electron chi connectivity index (χ1n) is 16.8. The van der Waals surface area contributed by atoms with Crippen molar-refractivity contribution < 1.29 is 43.5 Å². The highest BCUT2D eigenvalue weighted by molar-refractivity contribution is 5.98. The van der Waals surface area contributed by atoms with E-state index >= 15 is 0 Å². The number of carbonyl (C=O) groups excluding carboxylic acids is 7. The SMILES string of the molecule is CC(C)C[C@H](NC(=O)[C@H](C)NC(=O)[C@H](CC(N)=O)NC(=O)[C@H](C)NC(=O)CN)C(=O)N[C@@H](CCCN=C(N)N)C(=O)N[C@@H](CCCN=C(N)N)C(=O)O. The Morgan fingerprint density at radius 1 is 0.566 bits per heavy atom. The van der Waals surface area contributed by atoms with Gasteiger partial charge >= 0.3 is 5.97 Å². The van der Waals surface area contributed by atoms with E-state index in [9.17, 15) is 43.5 Å². The molecule has 23 nitrogen and oxygen atoms in total. The van der Waals surface area contributed by atoms with Crippen LogP contribution < -0.4 is 66.3 Å². The van der Waals surface area contributed by atoms with Crippen LogP contribution in [0.4, 0.5) is 0 Å². The molecule has 0 aromatic carbocycles. The molecule has 0 aliphatic heterocycles. The maximum absolute atomic E-state index is 13.6. The Kier molecular flexibility index (Phi) is 21.8. The number of guanidine groups is 2. The smallest absolute Gasteiger partial charge is 0.326 e. The number of nitrogens with one attached hydrogen (secondary N) is 6. The zero-order chi connectivity index (χ0) is 40.8. The molecule has 0 saturated carbocycles. The van der Waals surface area contributed by atoms with E-state index in [4.69, 9.17) is 34.4 Å². The average Bonchev–Trinajstić information content (AvgIpc) is 3.05. The summed E-state index contributed by atoms with van der Waals surface area (Å²) < 4.78 is 0. The first-order valence-corrected chi connectivity index (χ1v) is 16.8. The molecule has 23 heteroatoms. The Morgan fingerprint density at radius 3 is 1.43 bits per heavy atom. The van der Waals surface area contributed by atoms with Crippen molar-refractivity contribution in [2.75, 3.05) is 19.6 Å². The summed E-state index contributed by atoms with van der Waals surface area (Å²) in [5.74, 6) is -7.73. The maximum Gasteiger partial charge on any atom is 0.326 e. The lowest BCUT2D eigenvalue weighted by Gasteiger charge is -2.27. The van der Waals surface area contributed by atoms with Crippen molar-refractivity contribution in [3.63, 3.8) is 0 Å². The van der Waals surface area contributed by atoms with Gasteiger partial charge in [-0.15, -0.1) is 0 Å². The van der Waals surface area contributed by atoms with E-state index in [-0.39, 0.29) is 63.0 Å². The van der Waals surface area contributed by atoms with Crippen LogP contribution in [0.2, 0.25) is 0 Å². The Labute approximate surface area is 307 Å². The van der Waals surface area contributed by atoms with E-state index in [0.29, 0.717) is 0 Å². The largest absolute Gasteiger partial charge is 0.480 e. The van der Waals surface area contributed by atoms with Gasteiger partial charge in [0.2, 0.25) is 41.4 Å². The highest BCUT2D eigenvalue weighted by atomic mass is 16.4. The van der Waals surface area contributed by atoms with Crippen LogP contribution in [0.5, 0.6) is 0 Å². The van der Waals surface area contributed by atoms with Gasteiger partial charge in [0.25, 0.3) is 0 Å². The molecule has 300 valence electrons. The van der Waals surface area contributed by atoms with Gasteiger partial charge in [-0.1, -0.05) is 13.8 Å². The molecule has 0 unspecified atom stereocenters. The van der Waals surface area contributed by atoms with E-state index in [0.717, 1.165) is 0 Å². The molecule has 0 bridgehead atoms. The molecule has 0 saturated heterocycles. The lowest BCUT2D eigenvalue weighted by atomic mass is 10.0. The topological polar surface area (TPSA) is 410 Å². The Morgan fingerprint density at radius 2 is 0.981 bits per heavy atom. The van der Waals surface area contributed by atoms with Crippen molar-refractivity contribution >= 4 is 59.2 Å². The summed E-state index contributed by atoms with van der Waals surface area (Å²) in [5, 5.41) is 24.1. The molecule has 0 aromatic heterocycles. The summed E-state index contributed by atoms with van der Waals surface area (Å²) in [6, 6.07) is -7.84. The quantitative estimate of drug-likeness (QED) is 0.0234. The fourth-order valence-electron chi connectivity index (χ4n) is 4.53. The molecule has 0 radical (unpaired) electrons. The molecule has 0 spiro atoms. The van der Waals surface area contributed by atoms with Crippen molar-refractivity contribution in [3.05, 3.63) is 0 Å². The zero-order valence-corrected chi connectivity index (χ0v) is 30.5. The second-order valence-corrected chi connectivity index (χ2v) is 12.5. The van der Waals surface area contributed by atoms with Crippen molar-refractivity contribution in [1.29, 1.82) is 0 Å². The number of carboxylic acids is 1. The number of carboxylic acid groups (broad SMARTS) is 1. The first-order chi connectivity index (χ1) is 24.7. The first kappa shape index (κ1) is 47.3. The number of primary amides is 1. The number of aliphatic imine (C=N–C) groups is 2. The average molecular weight is 757 g/mol. The van der Waals surface area contributed by atoms with Gasteiger partial charge in [0.1, 0.15) is 36.3 Å². The van der Waals surface area contributed by atoms with Crippen molar-refractivity contribution in [2.24, 2.45) is 50.3 Å². The molecule has 53 heavy (non-hydrogen) atoms. The van der Waals surface area contributed by atoms with E-state index < -0.39 is 96.5 Å². The van der Waals surface area contributed by atoms with Crippen LogP contribution in [-0.4, -0.2) is 120 Å². The minimum absolute atomic E-state index is 0.0228. The van der Waals surface area contributed by atoms with E-state index in [1.54, 1.807) is 13.8 Å². The van der Waals surface area contributed by atoms with Crippen molar-refractivity contribution in [3.8, 4) is 0 Å². The number of rotatable bonds is 25. The minimum atomic E-state index is -1.53. The molecule has 0 aromatic rings. The number of hydrogen-bond acceptors (Lipinski definition) is 11. The van der Waals surface area contributed by atoms with Gasteiger partial charge < -0.3 is 71.4 Å². The van der Waals surface area contributed by atoms with Crippen LogP contribution in [-0.2, 0) is 38.4 Å². The predicted octanol–water partition coefficient (Wildman–Crippen LogP) is -5.99. The number of amides is 7. The predicted molar refractivity (Wildman–Crippen MR) is 193 cm³/mol. The van der Waals surface area contributed by atoms with E-state index in [2.05, 4.69) is 41.9 Å². The Balaban J connectivity index is 5.94. The lowest BCUT2D eigenvalue weighted by molar-refractivity contribution is -0.142. The van der Waals surface area contributed by atoms with Crippen molar-refractivity contribution in [2.45, 2.75) is 102 Å². The summed E-state index contributed by atoms with van der Waals surface area (Å²) >= 11 is 0. The van der Waals surface area contributed by atoms with E-state index in [1.165, 1.54) is 13.8 Å². The van der Waals surface area contributed by atoms with Crippen LogP contribution in [0.15, 0.2) is 9.98 Å². The van der Waals surface area contributed by atoms with Gasteiger partial charge in [-0.3, -0.25) is 43.5 Å². The Hall–Kier alpha value is -5.74.